The molecule has 0 amide bonds. The zero-order chi connectivity index (χ0) is 12.7. The fourth-order valence-corrected chi connectivity index (χ4v) is 1.71. The third-order valence-corrected chi connectivity index (χ3v) is 2.34. The van der Waals surface area contributed by atoms with Crippen molar-refractivity contribution in [2.24, 2.45) is 0 Å². The van der Waals surface area contributed by atoms with Gasteiger partial charge in [-0.05, 0) is 33.6 Å². The zero-order valence-electron chi connectivity index (χ0n) is 9.93. The molecule has 0 aromatic heterocycles. The van der Waals surface area contributed by atoms with Crippen molar-refractivity contribution in [1.29, 1.82) is 0 Å². The first kappa shape index (κ1) is 15.4. The maximum Gasteiger partial charge on any atom is 0.471 e. The van der Waals surface area contributed by atoms with E-state index in [4.69, 9.17) is 9.79 Å². The van der Waals surface area contributed by atoms with Crippen LogP contribution in [0.3, 0.4) is 0 Å². The van der Waals surface area contributed by atoms with E-state index in [1.165, 1.54) is 13.8 Å². The Labute approximate surface area is 96.9 Å². The van der Waals surface area contributed by atoms with Gasteiger partial charge >= 0.3 is 7.82 Å². The molecular formula is C11H19O4P. The lowest BCUT2D eigenvalue weighted by atomic mass is 10.1. The van der Waals surface area contributed by atoms with E-state index in [-0.39, 0.29) is 0 Å². The lowest BCUT2D eigenvalue weighted by Crippen LogP contribution is -2.20. The Morgan fingerprint density at radius 3 is 2.56 bits per heavy atom. The molecular weight excluding hydrogens is 227 g/mol. The van der Waals surface area contributed by atoms with Crippen LogP contribution < -0.4 is 0 Å². The van der Waals surface area contributed by atoms with Gasteiger partial charge < -0.3 is 9.79 Å². The molecule has 0 saturated carbocycles. The summed E-state index contributed by atoms with van der Waals surface area (Å²) in [6, 6.07) is 0. The minimum atomic E-state index is -4.47. The summed E-state index contributed by atoms with van der Waals surface area (Å²) < 4.78 is 15.1. The van der Waals surface area contributed by atoms with Crippen LogP contribution >= 0.6 is 7.82 Å². The maximum atomic E-state index is 10.6. The summed E-state index contributed by atoms with van der Waals surface area (Å²) >= 11 is 0. The fourth-order valence-electron chi connectivity index (χ4n) is 1.07. The highest BCUT2D eigenvalue weighted by Gasteiger charge is 2.26. The van der Waals surface area contributed by atoms with Crippen LogP contribution in [0.15, 0.2) is 12.2 Å². The maximum absolute atomic E-state index is 10.6. The first-order valence-corrected chi connectivity index (χ1v) is 6.67. The average Bonchev–Trinajstić information content (AvgIpc) is 2.06. The molecule has 4 nitrogen and oxygen atoms in total. The molecule has 0 bridgehead atoms. The number of phosphoric ester groups is 1. The van der Waals surface area contributed by atoms with Crippen LogP contribution in [0, 0.1) is 11.8 Å². The Kier molecular flexibility index (Phi) is 6.62. The molecule has 16 heavy (non-hydrogen) atoms. The molecule has 0 radical (unpaired) electrons. The van der Waals surface area contributed by atoms with Crippen molar-refractivity contribution in [3.05, 3.63) is 12.2 Å². The van der Waals surface area contributed by atoms with Crippen molar-refractivity contribution < 1.29 is 18.9 Å². The van der Waals surface area contributed by atoms with Crippen molar-refractivity contribution in [2.45, 2.75) is 45.6 Å². The van der Waals surface area contributed by atoms with Crippen molar-refractivity contribution in [1.82, 2.24) is 0 Å². The molecule has 0 atom stereocenters. The molecule has 0 aromatic rings. The van der Waals surface area contributed by atoms with Crippen LogP contribution in [0.2, 0.25) is 0 Å². The van der Waals surface area contributed by atoms with E-state index < -0.39 is 13.4 Å². The fraction of sp³-hybridized carbons (Fsp3) is 0.636. The third-order valence-electron chi connectivity index (χ3n) is 1.64. The molecule has 92 valence electrons. The van der Waals surface area contributed by atoms with E-state index in [0.717, 1.165) is 12.8 Å². The average molecular weight is 246 g/mol. The van der Waals surface area contributed by atoms with Gasteiger partial charge in [0.2, 0.25) is 0 Å². The first-order valence-electron chi connectivity index (χ1n) is 5.14. The van der Waals surface area contributed by atoms with Gasteiger partial charge in [-0.1, -0.05) is 18.1 Å². The molecule has 0 aromatic carbocycles. The van der Waals surface area contributed by atoms with Gasteiger partial charge in [0, 0.05) is 6.42 Å². The van der Waals surface area contributed by atoms with E-state index >= 15 is 0 Å². The van der Waals surface area contributed by atoms with E-state index in [0.29, 0.717) is 6.42 Å². The normalized spacial score (nSPS) is 12.6. The molecule has 0 saturated heterocycles. The van der Waals surface area contributed by atoms with Crippen molar-refractivity contribution in [2.75, 3.05) is 0 Å². The molecule has 0 aliphatic heterocycles. The summed E-state index contributed by atoms with van der Waals surface area (Å²) in [5.41, 5.74) is -1.11. The standard InChI is InChI=1S/C11H19O4P/c1-4-5-6-7-8-9-10-11(2,3)15-16(12,13)14/h4-5H,6-8H2,1-3H3,(H2,12,13,14). The minimum absolute atomic E-state index is 0.693. The van der Waals surface area contributed by atoms with Gasteiger partial charge in [0.05, 0.1) is 0 Å². The van der Waals surface area contributed by atoms with Crippen molar-refractivity contribution in [3.8, 4) is 11.8 Å². The minimum Gasteiger partial charge on any atom is -0.303 e. The van der Waals surface area contributed by atoms with Gasteiger partial charge in [-0.15, -0.1) is 5.92 Å². The van der Waals surface area contributed by atoms with Crippen LogP contribution in [0.1, 0.15) is 40.0 Å². The van der Waals surface area contributed by atoms with Crippen LogP contribution in [0.4, 0.5) is 0 Å². The van der Waals surface area contributed by atoms with Gasteiger partial charge in [-0.25, -0.2) is 4.57 Å². The number of hydrogen-bond acceptors (Lipinski definition) is 2. The van der Waals surface area contributed by atoms with Crippen LogP contribution in [0.5, 0.6) is 0 Å². The molecule has 5 heteroatoms. The molecule has 0 aliphatic carbocycles. The van der Waals surface area contributed by atoms with Gasteiger partial charge in [-0.3, -0.25) is 4.52 Å². The highest BCUT2D eigenvalue weighted by molar-refractivity contribution is 7.46. The number of allylic oxidation sites excluding steroid dienone is 2. The quantitative estimate of drug-likeness (QED) is 0.338. The van der Waals surface area contributed by atoms with Gasteiger partial charge in [0.15, 0.2) is 0 Å². The molecule has 0 aliphatic rings. The summed E-state index contributed by atoms with van der Waals surface area (Å²) in [5, 5.41) is 0. The number of unbranched alkanes of at least 4 members (excludes halogenated alkanes) is 2. The second kappa shape index (κ2) is 6.88. The van der Waals surface area contributed by atoms with Crippen LogP contribution in [-0.4, -0.2) is 15.4 Å². The number of rotatable bonds is 5. The monoisotopic (exact) mass is 246 g/mol. The first-order chi connectivity index (χ1) is 7.27. The van der Waals surface area contributed by atoms with Gasteiger partial charge in [0.25, 0.3) is 0 Å². The van der Waals surface area contributed by atoms with E-state index in [9.17, 15) is 4.57 Å². The molecule has 0 unspecified atom stereocenters. The Hall–Kier alpha value is -0.590. The topological polar surface area (TPSA) is 66.8 Å². The summed E-state index contributed by atoms with van der Waals surface area (Å²) in [4.78, 5) is 17.3. The Bertz CT molecular complexity index is 330. The van der Waals surface area contributed by atoms with E-state index in [1.807, 2.05) is 13.0 Å². The van der Waals surface area contributed by atoms with E-state index in [2.05, 4.69) is 22.4 Å². The highest BCUT2D eigenvalue weighted by atomic mass is 31.2. The van der Waals surface area contributed by atoms with Gasteiger partial charge in [0.1, 0.15) is 5.60 Å². The predicted molar refractivity (Wildman–Crippen MR) is 63.6 cm³/mol. The number of hydrogen-bond donors (Lipinski definition) is 2. The van der Waals surface area contributed by atoms with Gasteiger partial charge in [-0.2, -0.15) is 0 Å². The largest absolute Gasteiger partial charge is 0.471 e. The number of phosphoric acid groups is 1. The summed E-state index contributed by atoms with van der Waals surface area (Å²) in [6.45, 7) is 5.03. The Morgan fingerprint density at radius 1 is 1.44 bits per heavy atom. The second-order valence-corrected chi connectivity index (χ2v) is 5.02. The summed E-state index contributed by atoms with van der Waals surface area (Å²) in [5.74, 6) is 5.56. The Balaban J connectivity index is 4.06. The van der Waals surface area contributed by atoms with Crippen molar-refractivity contribution >= 4 is 7.82 Å². The summed E-state index contributed by atoms with van der Waals surface area (Å²) in [6.07, 6.45) is 6.62. The smallest absolute Gasteiger partial charge is 0.303 e. The predicted octanol–water partition coefficient (Wildman–Crippen LogP) is 2.62. The molecule has 0 fully saturated rings. The van der Waals surface area contributed by atoms with E-state index in [1.54, 1.807) is 0 Å². The molecule has 0 rings (SSSR count). The SMILES string of the molecule is CC=CCCCC#CC(C)(C)OP(=O)(O)O. The Morgan fingerprint density at radius 2 is 2.06 bits per heavy atom. The zero-order valence-corrected chi connectivity index (χ0v) is 10.8. The van der Waals surface area contributed by atoms with Crippen molar-refractivity contribution in [3.63, 3.8) is 0 Å². The summed E-state index contributed by atoms with van der Waals surface area (Å²) in [7, 11) is -4.47. The molecule has 0 spiro atoms. The van der Waals surface area contributed by atoms with Crippen LogP contribution in [-0.2, 0) is 9.09 Å². The van der Waals surface area contributed by atoms with Crippen LogP contribution in [0.25, 0.3) is 0 Å². The molecule has 0 heterocycles. The lowest BCUT2D eigenvalue weighted by Gasteiger charge is -2.18. The third kappa shape index (κ3) is 9.95. The molecule has 2 N–H and O–H groups in total. The highest BCUT2D eigenvalue weighted by Crippen LogP contribution is 2.40. The second-order valence-electron chi connectivity index (χ2n) is 3.86. The lowest BCUT2D eigenvalue weighted by molar-refractivity contribution is 0.111.